The van der Waals surface area contributed by atoms with Crippen LogP contribution >= 0.6 is 0 Å². The molecule has 3 rings (SSSR count). The zero-order valence-corrected chi connectivity index (χ0v) is 10.3. The van der Waals surface area contributed by atoms with E-state index in [9.17, 15) is 0 Å². The molecule has 94 valence electrons. The second-order valence-corrected chi connectivity index (χ2v) is 4.43. The molecule has 0 saturated carbocycles. The van der Waals surface area contributed by atoms with Crippen molar-refractivity contribution in [1.29, 1.82) is 5.26 Å². The molecule has 1 aromatic heterocycles. The second kappa shape index (κ2) is 4.94. The minimum atomic E-state index is 0.320. The van der Waals surface area contributed by atoms with Crippen molar-refractivity contribution in [3.63, 3.8) is 0 Å². The molecule has 2 aromatic rings. The largest absolute Gasteiger partial charge is 0.385 e. The van der Waals surface area contributed by atoms with Crippen molar-refractivity contribution < 1.29 is 0 Å². The normalized spacial score (nSPS) is 13.0. The van der Waals surface area contributed by atoms with Gasteiger partial charge in [0.05, 0.1) is 12.4 Å². The van der Waals surface area contributed by atoms with E-state index in [0.717, 1.165) is 25.1 Å². The van der Waals surface area contributed by atoms with Gasteiger partial charge in [-0.15, -0.1) is 0 Å². The first-order chi connectivity index (χ1) is 9.35. The summed E-state index contributed by atoms with van der Waals surface area (Å²) in [7, 11) is 0. The van der Waals surface area contributed by atoms with E-state index in [1.807, 2.05) is 12.1 Å². The van der Waals surface area contributed by atoms with E-state index in [1.165, 1.54) is 17.4 Å². The highest BCUT2D eigenvalue weighted by Crippen LogP contribution is 2.26. The number of aromatic nitrogens is 2. The summed E-state index contributed by atoms with van der Waals surface area (Å²) in [5, 5.41) is 15.2. The SMILES string of the molecule is N#Cc1cnc(Nc2ccc3c(c2)CCCN3)cn1. The number of nitrogens with one attached hydrogen (secondary N) is 2. The van der Waals surface area contributed by atoms with Crippen molar-refractivity contribution in [3.8, 4) is 6.07 Å². The molecular formula is C14H13N5. The smallest absolute Gasteiger partial charge is 0.158 e. The summed E-state index contributed by atoms with van der Waals surface area (Å²) in [4.78, 5) is 8.13. The molecule has 0 unspecified atom stereocenters. The minimum Gasteiger partial charge on any atom is -0.385 e. The molecule has 1 aromatic carbocycles. The van der Waals surface area contributed by atoms with Crippen LogP contribution in [0.1, 0.15) is 17.7 Å². The van der Waals surface area contributed by atoms with E-state index < -0.39 is 0 Å². The van der Waals surface area contributed by atoms with Crippen molar-refractivity contribution in [2.75, 3.05) is 17.2 Å². The summed E-state index contributed by atoms with van der Waals surface area (Å²) in [6.45, 7) is 1.04. The van der Waals surface area contributed by atoms with E-state index in [2.05, 4.69) is 32.7 Å². The van der Waals surface area contributed by atoms with E-state index in [0.29, 0.717) is 11.5 Å². The van der Waals surface area contributed by atoms with Crippen LogP contribution in [0.4, 0.5) is 17.2 Å². The van der Waals surface area contributed by atoms with Crippen molar-refractivity contribution in [2.45, 2.75) is 12.8 Å². The fraction of sp³-hybridized carbons (Fsp3) is 0.214. The maximum absolute atomic E-state index is 8.67. The summed E-state index contributed by atoms with van der Waals surface area (Å²) in [5.74, 6) is 0.641. The summed E-state index contributed by atoms with van der Waals surface area (Å²) >= 11 is 0. The number of aryl methyl sites for hydroxylation is 1. The number of nitriles is 1. The summed E-state index contributed by atoms with van der Waals surface area (Å²) in [5.41, 5.74) is 3.84. The molecule has 0 amide bonds. The van der Waals surface area contributed by atoms with Crippen molar-refractivity contribution in [1.82, 2.24) is 9.97 Å². The Labute approximate surface area is 111 Å². The third-order valence-corrected chi connectivity index (χ3v) is 3.08. The number of fused-ring (bicyclic) bond motifs is 1. The summed E-state index contributed by atoms with van der Waals surface area (Å²) in [6.07, 6.45) is 5.28. The lowest BCUT2D eigenvalue weighted by Crippen LogP contribution is -2.11. The third kappa shape index (κ3) is 2.47. The molecule has 2 N–H and O–H groups in total. The van der Waals surface area contributed by atoms with Crippen LogP contribution in [-0.4, -0.2) is 16.5 Å². The molecule has 19 heavy (non-hydrogen) atoms. The predicted molar refractivity (Wildman–Crippen MR) is 73.3 cm³/mol. The molecule has 0 fully saturated rings. The van der Waals surface area contributed by atoms with Crippen LogP contribution in [0, 0.1) is 11.3 Å². The van der Waals surface area contributed by atoms with Crippen LogP contribution in [0.2, 0.25) is 0 Å². The first kappa shape index (κ1) is 11.5. The number of hydrogen-bond acceptors (Lipinski definition) is 5. The second-order valence-electron chi connectivity index (χ2n) is 4.43. The van der Waals surface area contributed by atoms with Gasteiger partial charge in [0.15, 0.2) is 5.69 Å². The quantitative estimate of drug-likeness (QED) is 0.857. The zero-order chi connectivity index (χ0) is 13.1. The van der Waals surface area contributed by atoms with Crippen LogP contribution in [0.5, 0.6) is 0 Å². The standard InChI is InChI=1S/C14H13N5/c15-7-12-8-18-14(9-17-12)19-11-3-4-13-10(6-11)2-1-5-16-13/h3-4,6,8-9,16H,1-2,5H2,(H,18,19). The summed E-state index contributed by atoms with van der Waals surface area (Å²) in [6, 6.07) is 8.16. The van der Waals surface area contributed by atoms with Crippen LogP contribution in [0.25, 0.3) is 0 Å². The molecule has 2 heterocycles. The van der Waals surface area contributed by atoms with Gasteiger partial charge in [0.1, 0.15) is 11.9 Å². The van der Waals surface area contributed by atoms with Crippen molar-refractivity contribution in [3.05, 3.63) is 41.9 Å². The molecule has 1 aliphatic rings. The Morgan fingerprint density at radius 3 is 3.00 bits per heavy atom. The predicted octanol–water partition coefficient (Wildman–Crippen LogP) is 2.45. The van der Waals surface area contributed by atoms with Crippen molar-refractivity contribution >= 4 is 17.2 Å². The number of anilines is 3. The Kier molecular flexibility index (Phi) is 2.99. The van der Waals surface area contributed by atoms with Gasteiger partial charge in [0, 0.05) is 17.9 Å². The van der Waals surface area contributed by atoms with Crippen molar-refractivity contribution in [2.24, 2.45) is 0 Å². The molecule has 0 spiro atoms. The van der Waals surface area contributed by atoms with E-state index in [1.54, 1.807) is 6.20 Å². The Balaban J connectivity index is 1.81. The highest BCUT2D eigenvalue weighted by Gasteiger charge is 2.08. The lowest BCUT2D eigenvalue weighted by atomic mass is 10.0. The molecular weight excluding hydrogens is 238 g/mol. The topological polar surface area (TPSA) is 73.6 Å². The Hall–Kier alpha value is -2.61. The first-order valence-corrected chi connectivity index (χ1v) is 6.21. The molecule has 0 atom stereocenters. The molecule has 0 radical (unpaired) electrons. The molecule has 0 bridgehead atoms. The van der Waals surface area contributed by atoms with Gasteiger partial charge in [-0.05, 0) is 36.6 Å². The van der Waals surface area contributed by atoms with Gasteiger partial charge in [-0.2, -0.15) is 5.26 Å². The third-order valence-electron chi connectivity index (χ3n) is 3.08. The van der Waals surface area contributed by atoms with E-state index in [4.69, 9.17) is 5.26 Å². The number of hydrogen-bond donors (Lipinski definition) is 2. The maximum Gasteiger partial charge on any atom is 0.158 e. The maximum atomic E-state index is 8.67. The Bertz CT molecular complexity index is 627. The van der Waals surface area contributed by atoms with Crippen LogP contribution in [-0.2, 0) is 6.42 Å². The lowest BCUT2D eigenvalue weighted by molar-refractivity contribution is 0.830. The average Bonchev–Trinajstić information content (AvgIpc) is 2.48. The van der Waals surface area contributed by atoms with Gasteiger partial charge in [0.25, 0.3) is 0 Å². The number of nitrogens with zero attached hydrogens (tertiary/aromatic N) is 3. The van der Waals surface area contributed by atoms with Crippen LogP contribution < -0.4 is 10.6 Å². The van der Waals surface area contributed by atoms with Crippen LogP contribution in [0.3, 0.4) is 0 Å². The van der Waals surface area contributed by atoms with E-state index >= 15 is 0 Å². The van der Waals surface area contributed by atoms with Gasteiger partial charge in [-0.25, -0.2) is 9.97 Å². The average molecular weight is 251 g/mol. The van der Waals surface area contributed by atoms with Crippen LogP contribution in [0.15, 0.2) is 30.6 Å². The fourth-order valence-electron chi connectivity index (χ4n) is 2.15. The van der Waals surface area contributed by atoms with Gasteiger partial charge in [0.2, 0.25) is 0 Å². The van der Waals surface area contributed by atoms with Gasteiger partial charge in [-0.1, -0.05) is 0 Å². The molecule has 0 aliphatic carbocycles. The van der Waals surface area contributed by atoms with Gasteiger partial charge in [-0.3, -0.25) is 0 Å². The number of rotatable bonds is 2. The first-order valence-electron chi connectivity index (χ1n) is 6.21. The fourth-order valence-corrected chi connectivity index (χ4v) is 2.15. The Morgan fingerprint density at radius 1 is 1.26 bits per heavy atom. The lowest BCUT2D eigenvalue weighted by Gasteiger charge is -2.18. The monoisotopic (exact) mass is 251 g/mol. The molecule has 0 saturated heterocycles. The highest BCUT2D eigenvalue weighted by atomic mass is 15.0. The molecule has 5 heteroatoms. The summed E-state index contributed by atoms with van der Waals surface area (Å²) < 4.78 is 0. The molecule has 5 nitrogen and oxygen atoms in total. The molecule has 1 aliphatic heterocycles. The highest BCUT2D eigenvalue weighted by molar-refractivity contribution is 5.64. The number of benzene rings is 1. The Morgan fingerprint density at radius 2 is 2.21 bits per heavy atom. The zero-order valence-electron chi connectivity index (χ0n) is 10.3. The van der Waals surface area contributed by atoms with Gasteiger partial charge < -0.3 is 10.6 Å². The minimum absolute atomic E-state index is 0.320. The van der Waals surface area contributed by atoms with E-state index in [-0.39, 0.29) is 0 Å². The van der Waals surface area contributed by atoms with Gasteiger partial charge >= 0.3 is 0 Å².